The van der Waals surface area contributed by atoms with Crippen LogP contribution in [0.1, 0.15) is 470 Å². The van der Waals surface area contributed by atoms with Crippen molar-refractivity contribution in [2.45, 2.75) is 470 Å². The molecule has 0 aromatic carbocycles. The highest BCUT2D eigenvalue weighted by Gasteiger charge is 2.72. The van der Waals surface area contributed by atoms with Crippen molar-refractivity contribution in [3.63, 3.8) is 0 Å². The third-order valence-electron chi connectivity index (χ3n) is 22.3. The molecule has 0 radical (unpaired) electrons. The van der Waals surface area contributed by atoms with Gasteiger partial charge in [0.25, 0.3) is 0 Å². The minimum Gasteiger partial charge on any atom is -0.0683 e. The molecule has 2 spiro atoms. The van der Waals surface area contributed by atoms with E-state index >= 15 is 0 Å². The highest BCUT2D eigenvalue weighted by atomic mass is 14.8. The van der Waals surface area contributed by atoms with Gasteiger partial charge in [-0.3, -0.25) is 0 Å². The van der Waals surface area contributed by atoms with Gasteiger partial charge in [0, 0.05) is 0 Å². The van der Waals surface area contributed by atoms with E-state index in [1.807, 2.05) is 166 Å². The van der Waals surface area contributed by atoms with E-state index < -0.39 is 0 Å². The molecule has 0 saturated heterocycles. The van der Waals surface area contributed by atoms with Gasteiger partial charge in [-0.05, 0) is 207 Å². The molecule has 0 aliphatic heterocycles. The zero-order chi connectivity index (χ0) is 73.5. The fraction of sp³-hybridized carbons (Fsp3) is 1.00. The lowest BCUT2D eigenvalue weighted by Crippen LogP contribution is -2.62. The average Bonchev–Trinajstić information content (AvgIpc) is 1.61. The molecule has 20 unspecified atom stereocenters. The predicted molar refractivity (Wildman–Crippen MR) is 438 cm³/mol. The molecule has 11 fully saturated rings. The standard InChI is InChI=1S/C27H44.C22H36.6C3H8.12C2H6/c1-16-14-15-21-18(3)27-17(2)20-8-4-5-9-22(20)24(27)12-7-13-25(27)23-11-6-10-19(16)26(21)23;1-14-16-8-3-5-10-18(16)20-12-7-13-21-19-11-6-4-9-17(19)15(2)22(14,20)21;6*1-3-2;12*1-2/h16-26H,4-15H2,1-3H3;14-21H,3-13H2,1-2H3;6*3H2,1-2H3;12*1-2H3. The first kappa shape index (κ1) is 110. The topological polar surface area (TPSA) is 0 Å². The molecule has 11 aliphatic carbocycles. The lowest BCUT2D eigenvalue weighted by molar-refractivity contribution is -0.196. The smallest absolute Gasteiger partial charge is 0.0179 e. The third kappa shape index (κ3) is 30.2. The van der Waals surface area contributed by atoms with E-state index in [1.165, 1.54) is 38.5 Å². The Morgan fingerprint density at radius 2 is 0.363 bits per heavy atom. The molecule has 0 amide bonds. The molecule has 0 aromatic rings. The van der Waals surface area contributed by atoms with Crippen LogP contribution in [0, 0.1) is 123 Å². The molecule has 11 aliphatic rings. The molecule has 0 nitrogen and oxygen atoms in total. The molecular formula is C91H200. The number of fused-ring (bicyclic) bond motifs is 7. The van der Waals surface area contributed by atoms with Gasteiger partial charge in [-0.2, -0.15) is 0 Å². The predicted octanol–water partition coefficient (Wildman–Crippen LogP) is 34.7. The van der Waals surface area contributed by atoms with E-state index in [0.29, 0.717) is 0 Å². The molecule has 11 saturated carbocycles. The number of hydrogen-bond acceptors (Lipinski definition) is 0. The second kappa shape index (κ2) is 74.2. The largest absolute Gasteiger partial charge is 0.0683 e. The highest BCUT2D eigenvalue weighted by molar-refractivity contribution is 5.19. The Kier molecular flexibility index (Phi) is 89.4. The van der Waals surface area contributed by atoms with E-state index in [0.717, 1.165) is 123 Å². The van der Waals surface area contributed by atoms with Crippen molar-refractivity contribution < 1.29 is 0 Å². The zero-order valence-electron chi connectivity index (χ0n) is 73.5. The summed E-state index contributed by atoms with van der Waals surface area (Å²) in [6, 6.07) is 0. The molecule has 11 rings (SSSR count). The molecule has 0 heterocycles. The van der Waals surface area contributed by atoms with Crippen LogP contribution in [-0.4, -0.2) is 0 Å². The molecular weight excluding hydrogens is 1090 g/mol. The Hall–Kier alpha value is 0. The van der Waals surface area contributed by atoms with Gasteiger partial charge in [0.1, 0.15) is 0 Å². The van der Waals surface area contributed by atoms with Crippen molar-refractivity contribution in [3.8, 4) is 0 Å². The Morgan fingerprint density at radius 3 is 0.604 bits per heavy atom. The van der Waals surface area contributed by atoms with Crippen LogP contribution in [-0.2, 0) is 0 Å². The Balaban J connectivity index is -0.000000134. The zero-order valence-corrected chi connectivity index (χ0v) is 73.5. The van der Waals surface area contributed by atoms with Crippen LogP contribution >= 0.6 is 0 Å². The summed E-state index contributed by atoms with van der Waals surface area (Å²) >= 11 is 0. The Labute approximate surface area is 590 Å². The van der Waals surface area contributed by atoms with E-state index in [4.69, 9.17) is 0 Å². The summed E-state index contributed by atoms with van der Waals surface area (Å²) in [7, 11) is 0. The Bertz CT molecular complexity index is 1240. The van der Waals surface area contributed by atoms with Gasteiger partial charge in [-0.25, -0.2) is 0 Å². The maximum atomic E-state index is 2.81. The second-order valence-corrected chi connectivity index (χ2v) is 26.6. The van der Waals surface area contributed by atoms with Crippen molar-refractivity contribution in [1.29, 1.82) is 0 Å². The maximum absolute atomic E-state index is 2.81. The van der Waals surface area contributed by atoms with Crippen LogP contribution in [0.5, 0.6) is 0 Å². The first-order valence-corrected chi connectivity index (χ1v) is 44.4. The fourth-order valence-electron chi connectivity index (χ4n) is 21.4. The van der Waals surface area contributed by atoms with E-state index in [9.17, 15) is 0 Å². The fourth-order valence-corrected chi connectivity index (χ4v) is 21.4. The summed E-state index contributed by atoms with van der Waals surface area (Å²) in [4.78, 5) is 0. The lowest BCUT2D eigenvalue weighted by atomic mass is 9.37. The van der Waals surface area contributed by atoms with Gasteiger partial charge < -0.3 is 0 Å². The van der Waals surface area contributed by atoms with Crippen molar-refractivity contribution in [2.24, 2.45) is 123 Å². The van der Waals surface area contributed by atoms with Crippen molar-refractivity contribution in [2.75, 3.05) is 0 Å². The van der Waals surface area contributed by atoms with Crippen LogP contribution in [0.2, 0.25) is 0 Å². The highest BCUT2D eigenvalue weighted by Crippen LogP contribution is 2.78. The summed E-state index contributed by atoms with van der Waals surface area (Å²) in [6.45, 7) is 87.2. The lowest BCUT2D eigenvalue weighted by Gasteiger charge is -2.67. The third-order valence-corrected chi connectivity index (χ3v) is 22.3. The van der Waals surface area contributed by atoms with Crippen LogP contribution in [0.15, 0.2) is 0 Å². The number of rotatable bonds is 0. The van der Waals surface area contributed by atoms with Gasteiger partial charge in [-0.1, -0.05) is 387 Å². The first-order chi connectivity index (χ1) is 44.4. The maximum Gasteiger partial charge on any atom is -0.0179 e. The molecule has 564 valence electrons. The second-order valence-electron chi connectivity index (χ2n) is 26.6. The Morgan fingerprint density at radius 1 is 0.187 bits per heavy atom. The molecule has 0 heteroatoms. The van der Waals surface area contributed by atoms with Gasteiger partial charge in [-0.15, -0.1) is 0 Å². The van der Waals surface area contributed by atoms with Crippen LogP contribution in [0.4, 0.5) is 0 Å². The summed E-state index contributed by atoms with van der Waals surface area (Å²) in [6.07, 6.45) is 43.8. The van der Waals surface area contributed by atoms with Crippen molar-refractivity contribution >= 4 is 0 Å². The first-order valence-electron chi connectivity index (χ1n) is 44.4. The van der Waals surface area contributed by atoms with Gasteiger partial charge in [0.05, 0.1) is 0 Å². The van der Waals surface area contributed by atoms with Gasteiger partial charge in [0.2, 0.25) is 0 Å². The van der Waals surface area contributed by atoms with E-state index in [1.54, 1.807) is 148 Å². The van der Waals surface area contributed by atoms with E-state index in [2.05, 4.69) is 118 Å². The summed E-state index contributed by atoms with van der Waals surface area (Å²) in [5.74, 6) is 20.8. The van der Waals surface area contributed by atoms with Crippen molar-refractivity contribution in [1.82, 2.24) is 0 Å². The average molecular weight is 1290 g/mol. The monoisotopic (exact) mass is 1290 g/mol. The molecule has 0 N–H and O–H groups in total. The minimum atomic E-state index is 0.756. The number of hydrogen-bond donors (Lipinski definition) is 0. The quantitative estimate of drug-likeness (QED) is 0.227. The molecule has 91 heavy (non-hydrogen) atoms. The molecule has 0 aromatic heterocycles. The molecule has 20 atom stereocenters. The summed E-state index contributed by atoms with van der Waals surface area (Å²) < 4.78 is 0. The van der Waals surface area contributed by atoms with Crippen LogP contribution < -0.4 is 0 Å². The van der Waals surface area contributed by atoms with Gasteiger partial charge in [0.15, 0.2) is 0 Å². The molecule has 0 bridgehead atoms. The minimum absolute atomic E-state index is 0.756. The summed E-state index contributed by atoms with van der Waals surface area (Å²) in [5, 5.41) is 0. The van der Waals surface area contributed by atoms with Crippen molar-refractivity contribution in [3.05, 3.63) is 0 Å². The van der Waals surface area contributed by atoms with E-state index in [-0.39, 0.29) is 0 Å². The van der Waals surface area contributed by atoms with Crippen LogP contribution in [0.25, 0.3) is 0 Å². The normalized spacial score (nSPS) is 35.0. The van der Waals surface area contributed by atoms with Crippen LogP contribution in [0.3, 0.4) is 0 Å². The van der Waals surface area contributed by atoms with Gasteiger partial charge >= 0.3 is 0 Å². The summed E-state index contributed by atoms with van der Waals surface area (Å²) in [5.41, 5.74) is 1.55. The SMILES string of the molecule is CC.CC.CC.CC.CC.CC.CC.CC.CC.CC.CC.CC.CC1C2CCCCC2C2CCCC3C4CCCCC4C(C)C123.CC1CCC2C3C1CCCC3C1CCCC3C4CCCCC4C(C)C31C2C.CCC.CCC.CCC.CCC.CCC.CCC.